The zero-order chi connectivity index (χ0) is 6.69. The molecule has 1 rings (SSSR count). The molecule has 0 unspecified atom stereocenters. The lowest BCUT2D eigenvalue weighted by Gasteiger charge is -1.95. The van der Waals surface area contributed by atoms with Crippen molar-refractivity contribution in [1.82, 2.24) is 9.55 Å². The van der Waals surface area contributed by atoms with Gasteiger partial charge in [-0.05, 0) is 0 Å². The van der Waals surface area contributed by atoms with Gasteiger partial charge in [0.1, 0.15) is 11.8 Å². The van der Waals surface area contributed by atoms with Crippen LogP contribution in [0.15, 0.2) is 12.5 Å². The van der Waals surface area contributed by atoms with Crippen LogP contribution in [0.1, 0.15) is 0 Å². The zero-order valence-electron chi connectivity index (χ0n) is 4.72. The Labute approximate surface area is 57.3 Å². The van der Waals surface area contributed by atoms with E-state index in [-0.39, 0.29) is 0 Å². The number of aryl methyl sites for hydroxylation is 1. The molecule has 0 aliphatic carbocycles. The van der Waals surface area contributed by atoms with Crippen molar-refractivity contribution in [1.29, 1.82) is 0 Å². The number of hydrogen-bond donors (Lipinski definition) is 0. The Hall–Kier alpha value is -0.570. The summed E-state index contributed by atoms with van der Waals surface area (Å²) in [6.45, 7) is -0.116. The van der Waals surface area contributed by atoms with Gasteiger partial charge in [-0.1, -0.05) is 11.6 Å². The molecule has 0 N–H and O–H groups in total. The molecular weight excluding hydrogens is 143 g/mol. The fourth-order valence-corrected chi connectivity index (χ4v) is 0.745. The van der Waals surface area contributed by atoms with Crippen molar-refractivity contribution in [2.24, 2.45) is 0 Å². The number of imidazole rings is 1. The fraction of sp³-hybridized carbons (Fsp3) is 0.400. The van der Waals surface area contributed by atoms with E-state index in [1.807, 2.05) is 0 Å². The van der Waals surface area contributed by atoms with Crippen LogP contribution in [0.3, 0.4) is 0 Å². The van der Waals surface area contributed by atoms with Crippen molar-refractivity contribution in [3.8, 4) is 0 Å². The lowest BCUT2D eigenvalue weighted by molar-refractivity contribution is 0.446. The molecule has 50 valence electrons. The SMILES string of the molecule is FCCn1cncc1Cl. The molecule has 0 spiro atoms. The van der Waals surface area contributed by atoms with Crippen LogP contribution in [-0.2, 0) is 6.54 Å². The van der Waals surface area contributed by atoms with Crippen LogP contribution in [0, 0.1) is 0 Å². The Morgan fingerprint density at radius 2 is 2.56 bits per heavy atom. The highest BCUT2D eigenvalue weighted by molar-refractivity contribution is 6.29. The van der Waals surface area contributed by atoms with Crippen LogP contribution in [0.5, 0.6) is 0 Å². The number of aromatic nitrogens is 2. The van der Waals surface area contributed by atoms with E-state index in [0.717, 1.165) is 0 Å². The van der Waals surface area contributed by atoms with Gasteiger partial charge < -0.3 is 4.57 Å². The summed E-state index contributed by atoms with van der Waals surface area (Å²) in [5.74, 6) is 0. The first kappa shape index (κ1) is 6.55. The minimum absolute atomic E-state index is 0.291. The van der Waals surface area contributed by atoms with E-state index in [4.69, 9.17) is 11.6 Å². The molecule has 0 atom stereocenters. The summed E-state index contributed by atoms with van der Waals surface area (Å²) in [5, 5.41) is 0.479. The third-order valence-corrected chi connectivity index (χ3v) is 1.30. The summed E-state index contributed by atoms with van der Waals surface area (Å²) < 4.78 is 13.2. The largest absolute Gasteiger partial charge is 0.319 e. The van der Waals surface area contributed by atoms with Crippen LogP contribution in [0.25, 0.3) is 0 Å². The van der Waals surface area contributed by atoms with Gasteiger partial charge >= 0.3 is 0 Å². The van der Waals surface area contributed by atoms with E-state index in [1.54, 1.807) is 4.57 Å². The Morgan fingerprint density at radius 3 is 3.00 bits per heavy atom. The van der Waals surface area contributed by atoms with E-state index >= 15 is 0 Å². The van der Waals surface area contributed by atoms with Crippen molar-refractivity contribution in [2.45, 2.75) is 6.54 Å². The van der Waals surface area contributed by atoms with E-state index in [2.05, 4.69) is 4.98 Å². The smallest absolute Gasteiger partial charge is 0.128 e. The van der Waals surface area contributed by atoms with Gasteiger partial charge in [-0.25, -0.2) is 9.37 Å². The van der Waals surface area contributed by atoms with Crippen LogP contribution < -0.4 is 0 Å². The number of alkyl halides is 1. The first-order valence-corrected chi connectivity index (χ1v) is 2.94. The molecule has 0 saturated carbocycles. The quantitative estimate of drug-likeness (QED) is 0.622. The number of nitrogens with zero attached hydrogens (tertiary/aromatic N) is 2. The van der Waals surface area contributed by atoms with E-state index < -0.39 is 6.67 Å². The van der Waals surface area contributed by atoms with E-state index in [1.165, 1.54) is 12.5 Å². The Morgan fingerprint density at radius 1 is 1.78 bits per heavy atom. The highest BCUT2D eigenvalue weighted by Crippen LogP contribution is 2.05. The molecule has 0 aliphatic heterocycles. The van der Waals surface area contributed by atoms with Gasteiger partial charge in [-0.15, -0.1) is 0 Å². The van der Waals surface area contributed by atoms with Gasteiger partial charge in [0.2, 0.25) is 0 Å². The average molecular weight is 149 g/mol. The van der Waals surface area contributed by atoms with Crippen LogP contribution in [0.2, 0.25) is 5.15 Å². The molecule has 0 radical (unpaired) electrons. The van der Waals surface area contributed by atoms with E-state index in [9.17, 15) is 4.39 Å². The molecule has 0 amide bonds. The topological polar surface area (TPSA) is 17.8 Å². The first-order valence-electron chi connectivity index (χ1n) is 2.56. The van der Waals surface area contributed by atoms with E-state index in [0.29, 0.717) is 11.7 Å². The Bertz CT molecular complexity index is 187. The maximum absolute atomic E-state index is 11.6. The average Bonchev–Trinajstić information content (AvgIpc) is 2.18. The standard InChI is InChI=1S/C5H6ClFN2/c6-5-3-8-4-9(5)2-1-7/h3-4H,1-2H2. The monoisotopic (exact) mass is 148 g/mol. The fourth-order valence-electron chi connectivity index (χ4n) is 0.560. The highest BCUT2D eigenvalue weighted by atomic mass is 35.5. The van der Waals surface area contributed by atoms with Gasteiger partial charge in [-0.2, -0.15) is 0 Å². The second kappa shape index (κ2) is 2.82. The van der Waals surface area contributed by atoms with Gasteiger partial charge in [0, 0.05) is 0 Å². The number of hydrogen-bond acceptors (Lipinski definition) is 1. The molecule has 0 saturated heterocycles. The lowest BCUT2D eigenvalue weighted by Crippen LogP contribution is -1.96. The van der Waals surface area contributed by atoms with Crippen LogP contribution in [-0.4, -0.2) is 16.2 Å². The maximum Gasteiger partial charge on any atom is 0.128 e. The summed E-state index contributed by atoms with van der Waals surface area (Å²) in [4.78, 5) is 3.70. The Balaban J connectivity index is 2.69. The van der Waals surface area contributed by atoms with Crippen LogP contribution in [0.4, 0.5) is 4.39 Å². The van der Waals surface area contributed by atoms with Crippen molar-refractivity contribution < 1.29 is 4.39 Å². The molecule has 0 bridgehead atoms. The molecular formula is C5H6ClFN2. The first-order chi connectivity index (χ1) is 4.34. The third kappa shape index (κ3) is 1.42. The molecule has 0 fully saturated rings. The second-order valence-electron chi connectivity index (χ2n) is 1.60. The van der Waals surface area contributed by atoms with Crippen molar-refractivity contribution >= 4 is 11.6 Å². The van der Waals surface area contributed by atoms with Gasteiger partial charge in [0.25, 0.3) is 0 Å². The predicted molar refractivity (Wildman–Crippen MR) is 33.2 cm³/mol. The second-order valence-corrected chi connectivity index (χ2v) is 1.99. The maximum atomic E-state index is 11.6. The van der Waals surface area contributed by atoms with Crippen molar-refractivity contribution in [3.05, 3.63) is 17.7 Å². The van der Waals surface area contributed by atoms with Gasteiger partial charge in [0.05, 0.1) is 19.1 Å². The summed E-state index contributed by atoms with van der Waals surface area (Å²) in [7, 11) is 0. The molecule has 4 heteroatoms. The van der Waals surface area contributed by atoms with Crippen molar-refractivity contribution in [2.75, 3.05) is 6.67 Å². The zero-order valence-corrected chi connectivity index (χ0v) is 5.48. The van der Waals surface area contributed by atoms with Gasteiger partial charge in [-0.3, -0.25) is 0 Å². The molecule has 0 aliphatic rings. The predicted octanol–water partition coefficient (Wildman–Crippen LogP) is 1.51. The summed E-state index contributed by atoms with van der Waals surface area (Å²) in [5.41, 5.74) is 0. The summed E-state index contributed by atoms with van der Waals surface area (Å²) in [6, 6.07) is 0. The van der Waals surface area contributed by atoms with Crippen molar-refractivity contribution in [3.63, 3.8) is 0 Å². The van der Waals surface area contributed by atoms with Crippen LogP contribution >= 0.6 is 11.6 Å². The van der Waals surface area contributed by atoms with Gasteiger partial charge in [0.15, 0.2) is 0 Å². The summed E-state index contributed by atoms with van der Waals surface area (Å²) >= 11 is 5.55. The molecule has 1 aromatic heterocycles. The minimum atomic E-state index is -0.407. The number of halogens is 2. The molecule has 1 aromatic rings. The highest BCUT2D eigenvalue weighted by Gasteiger charge is 1.94. The molecule has 2 nitrogen and oxygen atoms in total. The Kier molecular flexibility index (Phi) is 2.05. The molecule has 9 heavy (non-hydrogen) atoms. The molecule has 1 heterocycles. The number of rotatable bonds is 2. The normalized spacial score (nSPS) is 10.0. The summed E-state index contributed by atoms with van der Waals surface area (Å²) in [6.07, 6.45) is 2.99. The minimum Gasteiger partial charge on any atom is -0.319 e. The lowest BCUT2D eigenvalue weighted by atomic mass is 10.7. The molecule has 0 aromatic carbocycles. The third-order valence-electron chi connectivity index (χ3n) is 0.987.